The average molecular weight is 329 g/mol. The van der Waals surface area contributed by atoms with Crippen molar-refractivity contribution in [3.63, 3.8) is 0 Å². The molecule has 1 unspecified atom stereocenters. The second-order valence-corrected chi connectivity index (χ2v) is 8.58. The maximum Gasteiger partial charge on any atom is 0.335 e. The molecule has 0 aliphatic carbocycles. The molecule has 1 N–H and O–H groups in total. The smallest absolute Gasteiger partial charge is 0.335 e. The van der Waals surface area contributed by atoms with Crippen molar-refractivity contribution in [2.75, 3.05) is 28.7 Å². The van der Waals surface area contributed by atoms with E-state index in [2.05, 4.69) is 0 Å². The fraction of sp³-hybridized carbons (Fsp3) is 0.500. The lowest BCUT2D eigenvalue weighted by Gasteiger charge is -2.36. The molecular weight excluding hydrogens is 310 g/mol. The van der Waals surface area contributed by atoms with Gasteiger partial charge in [-0.25, -0.2) is 13.2 Å². The van der Waals surface area contributed by atoms with E-state index in [1.807, 2.05) is 4.90 Å². The number of aromatic carboxylic acids is 1. The standard InChI is InChI=1S/C14H19NO4S2/c1-3-21(18,19)13-9-20-7-6-15(13)11-4-5-12(14(16)17)10(2)8-11/h4-5,8,13H,3,6-7,9H2,1-2H3,(H,16,17). The Kier molecular flexibility index (Phi) is 4.83. The number of hydrogen-bond acceptors (Lipinski definition) is 5. The molecule has 1 aromatic rings. The Morgan fingerprint density at radius 3 is 2.76 bits per heavy atom. The van der Waals surface area contributed by atoms with Gasteiger partial charge in [0.2, 0.25) is 0 Å². The summed E-state index contributed by atoms with van der Waals surface area (Å²) in [5.41, 5.74) is 1.67. The minimum Gasteiger partial charge on any atom is -0.478 e. The predicted molar refractivity (Wildman–Crippen MR) is 86.1 cm³/mol. The van der Waals surface area contributed by atoms with Crippen LogP contribution in [0.4, 0.5) is 5.69 Å². The topological polar surface area (TPSA) is 74.7 Å². The Labute approximate surface area is 129 Å². The molecule has 21 heavy (non-hydrogen) atoms. The van der Waals surface area contributed by atoms with Gasteiger partial charge in [0.1, 0.15) is 5.37 Å². The van der Waals surface area contributed by atoms with Crippen molar-refractivity contribution >= 4 is 33.3 Å². The summed E-state index contributed by atoms with van der Waals surface area (Å²) in [6.45, 7) is 4.04. The van der Waals surface area contributed by atoms with Crippen LogP contribution in [0.3, 0.4) is 0 Å². The molecule has 0 spiro atoms. The number of rotatable bonds is 4. The molecule has 0 radical (unpaired) electrons. The monoisotopic (exact) mass is 329 g/mol. The number of carbonyl (C=O) groups is 1. The molecular formula is C14H19NO4S2. The zero-order valence-electron chi connectivity index (χ0n) is 12.1. The van der Waals surface area contributed by atoms with E-state index in [-0.39, 0.29) is 11.3 Å². The molecule has 1 aliphatic rings. The molecule has 0 aromatic heterocycles. The van der Waals surface area contributed by atoms with E-state index in [1.165, 1.54) is 0 Å². The number of nitrogens with zero attached hydrogens (tertiary/aromatic N) is 1. The van der Waals surface area contributed by atoms with Crippen LogP contribution in [-0.2, 0) is 9.84 Å². The number of hydrogen-bond donors (Lipinski definition) is 1. The molecule has 1 fully saturated rings. The molecule has 1 heterocycles. The Balaban J connectivity index is 2.38. The van der Waals surface area contributed by atoms with Crippen molar-refractivity contribution in [2.24, 2.45) is 0 Å². The SMILES string of the molecule is CCS(=O)(=O)C1CSCCN1c1ccc(C(=O)O)c(C)c1. The predicted octanol–water partition coefficient (Wildman–Crippen LogP) is 2.01. The Hall–Kier alpha value is -1.21. The lowest BCUT2D eigenvalue weighted by Crippen LogP contribution is -2.48. The van der Waals surface area contributed by atoms with E-state index in [1.54, 1.807) is 43.8 Å². The third-order valence-corrected chi connectivity index (χ3v) is 6.96. The van der Waals surface area contributed by atoms with Crippen LogP contribution in [0, 0.1) is 6.92 Å². The Morgan fingerprint density at radius 2 is 2.19 bits per heavy atom. The molecule has 1 aliphatic heterocycles. The second-order valence-electron chi connectivity index (χ2n) is 4.98. The third-order valence-electron chi connectivity index (χ3n) is 3.67. The summed E-state index contributed by atoms with van der Waals surface area (Å²) >= 11 is 1.64. The molecule has 116 valence electrons. The van der Waals surface area contributed by atoms with Crippen LogP contribution >= 0.6 is 11.8 Å². The van der Waals surface area contributed by atoms with Crippen molar-refractivity contribution in [2.45, 2.75) is 19.2 Å². The van der Waals surface area contributed by atoms with Crippen LogP contribution in [-0.4, -0.2) is 48.7 Å². The number of anilines is 1. The summed E-state index contributed by atoms with van der Waals surface area (Å²) in [6, 6.07) is 5.01. The largest absolute Gasteiger partial charge is 0.478 e. The first-order valence-electron chi connectivity index (χ1n) is 6.76. The van der Waals surface area contributed by atoms with Crippen LogP contribution < -0.4 is 4.90 Å². The molecule has 1 saturated heterocycles. The minimum atomic E-state index is -3.17. The van der Waals surface area contributed by atoms with Crippen LogP contribution in [0.2, 0.25) is 0 Å². The van der Waals surface area contributed by atoms with E-state index in [9.17, 15) is 13.2 Å². The number of carboxylic acids is 1. The molecule has 1 atom stereocenters. The Bertz CT molecular complexity index is 642. The van der Waals surface area contributed by atoms with Crippen molar-refractivity contribution in [1.82, 2.24) is 0 Å². The summed E-state index contributed by atoms with van der Waals surface area (Å²) in [5.74, 6) is 0.567. The van der Waals surface area contributed by atoms with Crippen LogP contribution in [0.15, 0.2) is 18.2 Å². The summed E-state index contributed by atoms with van der Waals surface area (Å²) in [5, 5.41) is 8.54. The van der Waals surface area contributed by atoms with Gasteiger partial charge >= 0.3 is 5.97 Å². The van der Waals surface area contributed by atoms with Crippen molar-refractivity contribution in [3.8, 4) is 0 Å². The molecule has 7 heteroatoms. The van der Waals surface area contributed by atoms with Gasteiger partial charge in [-0.1, -0.05) is 6.92 Å². The molecule has 0 amide bonds. The fourth-order valence-electron chi connectivity index (χ4n) is 2.43. The minimum absolute atomic E-state index is 0.112. The van der Waals surface area contributed by atoms with Crippen LogP contribution in [0.1, 0.15) is 22.8 Å². The number of aryl methyl sites for hydroxylation is 1. The van der Waals surface area contributed by atoms with Gasteiger partial charge in [-0.05, 0) is 30.7 Å². The third kappa shape index (κ3) is 3.35. The van der Waals surface area contributed by atoms with Crippen LogP contribution in [0.5, 0.6) is 0 Å². The second kappa shape index (κ2) is 6.27. The number of carboxylic acid groups (broad SMARTS) is 1. The van der Waals surface area contributed by atoms with E-state index in [4.69, 9.17) is 5.11 Å². The van der Waals surface area contributed by atoms with Gasteiger partial charge in [-0.2, -0.15) is 11.8 Å². The van der Waals surface area contributed by atoms with E-state index < -0.39 is 21.2 Å². The number of thioether (sulfide) groups is 1. The van der Waals surface area contributed by atoms with E-state index >= 15 is 0 Å². The summed E-state index contributed by atoms with van der Waals surface area (Å²) in [7, 11) is -3.17. The first-order valence-corrected chi connectivity index (χ1v) is 9.63. The average Bonchev–Trinajstić information content (AvgIpc) is 2.46. The summed E-state index contributed by atoms with van der Waals surface area (Å²) in [4.78, 5) is 12.9. The van der Waals surface area contributed by atoms with E-state index in [0.717, 1.165) is 11.4 Å². The van der Waals surface area contributed by atoms with Crippen LogP contribution in [0.25, 0.3) is 0 Å². The molecule has 0 saturated carbocycles. The normalized spacial score (nSPS) is 19.5. The van der Waals surface area contributed by atoms with Crippen molar-refractivity contribution in [3.05, 3.63) is 29.3 Å². The van der Waals surface area contributed by atoms with Crippen molar-refractivity contribution in [1.29, 1.82) is 0 Å². The van der Waals surface area contributed by atoms with Gasteiger partial charge in [0, 0.05) is 29.5 Å². The summed E-state index contributed by atoms with van der Waals surface area (Å²) < 4.78 is 24.5. The molecule has 1 aromatic carbocycles. The van der Waals surface area contributed by atoms with Gasteiger partial charge < -0.3 is 10.0 Å². The van der Waals surface area contributed by atoms with Gasteiger partial charge in [-0.3, -0.25) is 0 Å². The van der Waals surface area contributed by atoms with Gasteiger partial charge in [0.05, 0.1) is 5.56 Å². The number of benzene rings is 1. The first-order chi connectivity index (χ1) is 9.86. The highest BCUT2D eigenvalue weighted by Gasteiger charge is 2.33. The zero-order chi connectivity index (χ0) is 15.6. The van der Waals surface area contributed by atoms with Gasteiger partial charge in [-0.15, -0.1) is 0 Å². The highest BCUT2D eigenvalue weighted by molar-refractivity contribution is 8.01. The molecule has 0 bridgehead atoms. The van der Waals surface area contributed by atoms with Gasteiger partial charge in [0.25, 0.3) is 0 Å². The first kappa shape index (κ1) is 16.2. The highest BCUT2D eigenvalue weighted by Crippen LogP contribution is 2.28. The molecule has 5 nitrogen and oxygen atoms in total. The molecule has 2 rings (SSSR count). The summed E-state index contributed by atoms with van der Waals surface area (Å²) in [6.07, 6.45) is 0. The quantitative estimate of drug-likeness (QED) is 0.911. The maximum absolute atomic E-state index is 12.2. The van der Waals surface area contributed by atoms with Crippen molar-refractivity contribution < 1.29 is 18.3 Å². The lowest BCUT2D eigenvalue weighted by molar-refractivity contribution is 0.0696. The Morgan fingerprint density at radius 1 is 1.48 bits per heavy atom. The zero-order valence-corrected chi connectivity index (χ0v) is 13.7. The highest BCUT2D eigenvalue weighted by atomic mass is 32.2. The number of sulfone groups is 1. The van der Waals surface area contributed by atoms with Gasteiger partial charge in [0.15, 0.2) is 9.84 Å². The van der Waals surface area contributed by atoms with E-state index in [0.29, 0.717) is 17.9 Å². The maximum atomic E-state index is 12.2. The lowest BCUT2D eigenvalue weighted by atomic mass is 10.1. The fourth-order valence-corrected chi connectivity index (χ4v) is 5.42.